The Kier molecular flexibility index (Phi) is 4.22. The minimum atomic E-state index is -0.641. The molecule has 4 N–H and O–H groups in total. The zero-order valence-corrected chi connectivity index (χ0v) is 12.3. The van der Waals surface area contributed by atoms with E-state index in [2.05, 4.69) is 10.8 Å². The highest BCUT2D eigenvalue weighted by molar-refractivity contribution is 5.87. The third-order valence-corrected chi connectivity index (χ3v) is 4.62. The summed E-state index contributed by atoms with van der Waals surface area (Å²) in [6.07, 6.45) is 2.36. The van der Waals surface area contributed by atoms with Gasteiger partial charge in [-0.1, -0.05) is 0 Å². The zero-order chi connectivity index (χ0) is 15.7. The van der Waals surface area contributed by atoms with E-state index in [4.69, 9.17) is 4.84 Å². The van der Waals surface area contributed by atoms with Crippen molar-refractivity contribution in [2.45, 2.75) is 43.4 Å². The molecule has 3 aliphatic heterocycles. The number of hydrogen-bond donors (Lipinski definition) is 4. The van der Waals surface area contributed by atoms with E-state index in [9.17, 15) is 19.9 Å². The lowest BCUT2D eigenvalue weighted by Gasteiger charge is -2.37. The number of hydroxylamine groups is 3. The van der Waals surface area contributed by atoms with Gasteiger partial charge in [0.05, 0.1) is 18.2 Å². The Hall–Kier alpha value is -1.42. The second kappa shape index (κ2) is 5.99. The van der Waals surface area contributed by atoms with Gasteiger partial charge in [0, 0.05) is 19.6 Å². The fourth-order valence-electron chi connectivity index (χ4n) is 3.18. The van der Waals surface area contributed by atoms with Crippen LogP contribution in [0.1, 0.15) is 25.7 Å². The molecule has 9 heteroatoms. The number of aliphatic hydroxyl groups is 1. The first-order chi connectivity index (χ1) is 10.5. The molecule has 2 unspecified atom stereocenters. The van der Waals surface area contributed by atoms with Crippen LogP contribution in [-0.2, 0) is 9.63 Å². The van der Waals surface area contributed by atoms with Gasteiger partial charge in [-0.05, 0) is 25.7 Å². The number of nitrogens with one attached hydrogen (secondary N) is 2. The Morgan fingerprint density at radius 1 is 1.45 bits per heavy atom. The van der Waals surface area contributed by atoms with Crippen molar-refractivity contribution in [1.82, 2.24) is 20.8 Å². The molecule has 0 aromatic heterocycles. The van der Waals surface area contributed by atoms with Crippen LogP contribution >= 0.6 is 0 Å². The molecule has 124 valence electrons. The van der Waals surface area contributed by atoms with Gasteiger partial charge in [-0.25, -0.2) is 15.3 Å². The molecule has 0 aliphatic carbocycles. The number of hydrogen-bond acceptors (Lipinski definition) is 6. The summed E-state index contributed by atoms with van der Waals surface area (Å²) in [6.45, 7) is 1.87. The van der Waals surface area contributed by atoms with Crippen LogP contribution in [0.4, 0.5) is 4.79 Å². The third-order valence-electron chi connectivity index (χ3n) is 4.62. The summed E-state index contributed by atoms with van der Waals surface area (Å²) < 4.78 is 0. The van der Waals surface area contributed by atoms with E-state index in [1.54, 1.807) is 0 Å². The molecule has 0 spiro atoms. The molecular formula is C13H22N4O5. The lowest BCUT2D eigenvalue weighted by molar-refractivity contribution is -0.139. The van der Waals surface area contributed by atoms with E-state index in [1.807, 2.05) is 0 Å². The van der Waals surface area contributed by atoms with E-state index in [0.717, 1.165) is 0 Å². The summed E-state index contributed by atoms with van der Waals surface area (Å²) in [7, 11) is 0. The van der Waals surface area contributed by atoms with Gasteiger partial charge in [-0.15, -0.1) is 0 Å². The predicted octanol–water partition coefficient (Wildman–Crippen LogP) is -1.19. The monoisotopic (exact) mass is 314 g/mol. The molecule has 0 radical (unpaired) electrons. The lowest BCUT2D eigenvalue weighted by atomic mass is 9.92. The van der Waals surface area contributed by atoms with Gasteiger partial charge in [-0.3, -0.25) is 14.8 Å². The van der Waals surface area contributed by atoms with E-state index in [0.29, 0.717) is 57.0 Å². The summed E-state index contributed by atoms with van der Waals surface area (Å²) in [5.74, 6) is -0.369. The quantitative estimate of drug-likeness (QED) is 0.278. The maximum atomic E-state index is 12.1. The van der Waals surface area contributed by atoms with Crippen molar-refractivity contribution in [3.05, 3.63) is 0 Å². The predicted molar refractivity (Wildman–Crippen MR) is 73.7 cm³/mol. The third kappa shape index (κ3) is 2.89. The Morgan fingerprint density at radius 3 is 2.91 bits per heavy atom. The summed E-state index contributed by atoms with van der Waals surface area (Å²) in [6, 6.07) is -1.34. The molecule has 0 aromatic carbocycles. The topological polar surface area (TPSA) is 114 Å². The van der Waals surface area contributed by atoms with E-state index in [-0.39, 0.29) is 11.9 Å². The highest BCUT2D eigenvalue weighted by Crippen LogP contribution is 2.28. The van der Waals surface area contributed by atoms with Crippen molar-refractivity contribution >= 4 is 11.9 Å². The molecule has 9 nitrogen and oxygen atoms in total. The highest BCUT2D eigenvalue weighted by atomic mass is 16.6. The molecule has 22 heavy (non-hydrogen) atoms. The largest absolute Gasteiger partial charge is 0.387 e. The smallest absolute Gasteiger partial charge is 0.344 e. The molecule has 3 fully saturated rings. The lowest BCUT2D eigenvalue weighted by Crippen LogP contribution is -2.59. The van der Waals surface area contributed by atoms with Crippen LogP contribution < -0.4 is 10.8 Å². The minimum absolute atomic E-state index is 0.214. The summed E-state index contributed by atoms with van der Waals surface area (Å²) in [5, 5.41) is 23.2. The fraction of sp³-hybridized carbons (Fsp3) is 0.846. The second-order valence-electron chi connectivity index (χ2n) is 6.27. The molecule has 2 atom stereocenters. The summed E-state index contributed by atoms with van der Waals surface area (Å²) in [4.78, 5) is 30.4. The SMILES string of the molecule is O=C(NOCCCC1(O)CNC1)C1CCC2CN1C(=O)N2O. The average Bonchev–Trinajstić information content (AvgIpc) is 2.70. The van der Waals surface area contributed by atoms with Crippen LogP contribution in [0.15, 0.2) is 0 Å². The molecule has 0 saturated carbocycles. The molecule has 3 heterocycles. The minimum Gasteiger partial charge on any atom is -0.387 e. The average molecular weight is 314 g/mol. The molecule has 3 amide bonds. The van der Waals surface area contributed by atoms with Crippen molar-refractivity contribution in [1.29, 1.82) is 0 Å². The van der Waals surface area contributed by atoms with Gasteiger partial charge in [0.1, 0.15) is 6.04 Å². The molecule has 3 aliphatic rings. The number of piperidine rings is 1. The maximum absolute atomic E-state index is 12.1. The van der Waals surface area contributed by atoms with Gasteiger partial charge >= 0.3 is 6.03 Å². The van der Waals surface area contributed by atoms with Gasteiger partial charge in [0.15, 0.2) is 0 Å². The van der Waals surface area contributed by atoms with Crippen molar-refractivity contribution < 1.29 is 24.7 Å². The number of nitrogens with zero attached hydrogens (tertiary/aromatic N) is 2. The van der Waals surface area contributed by atoms with Crippen molar-refractivity contribution in [3.63, 3.8) is 0 Å². The van der Waals surface area contributed by atoms with Crippen molar-refractivity contribution in [3.8, 4) is 0 Å². The van der Waals surface area contributed by atoms with E-state index in [1.165, 1.54) is 4.90 Å². The van der Waals surface area contributed by atoms with Crippen molar-refractivity contribution in [2.24, 2.45) is 0 Å². The first-order valence-corrected chi connectivity index (χ1v) is 7.64. The van der Waals surface area contributed by atoms with Crippen LogP contribution in [-0.4, -0.2) is 76.1 Å². The van der Waals surface area contributed by atoms with Crippen LogP contribution in [0.25, 0.3) is 0 Å². The molecule has 0 aromatic rings. The van der Waals surface area contributed by atoms with Crippen LogP contribution in [0.5, 0.6) is 0 Å². The first kappa shape index (κ1) is 15.5. The number of carbonyl (C=O) groups excluding carboxylic acids is 2. The van der Waals surface area contributed by atoms with Gasteiger partial charge in [-0.2, -0.15) is 0 Å². The Bertz CT molecular complexity index is 456. The van der Waals surface area contributed by atoms with Crippen LogP contribution in [0, 0.1) is 0 Å². The molecule has 3 rings (SSSR count). The first-order valence-electron chi connectivity index (χ1n) is 7.64. The number of amides is 3. The Labute approximate surface area is 128 Å². The number of fused-ring (bicyclic) bond motifs is 2. The number of urea groups is 1. The van der Waals surface area contributed by atoms with Crippen LogP contribution in [0.2, 0.25) is 0 Å². The Balaban J connectivity index is 1.38. The normalized spacial score (nSPS) is 29.5. The van der Waals surface area contributed by atoms with E-state index >= 15 is 0 Å². The number of β-amino-alcohol motifs (C(OH)–C–C–N with tert-alkyl or cyclic N) is 1. The Morgan fingerprint density at radius 2 is 2.23 bits per heavy atom. The van der Waals surface area contributed by atoms with E-state index < -0.39 is 17.7 Å². The highest BCUT2D eigenvalue weighted by Gasteiger charge is 2.46. The van der Waals surface area contributed by atoms with Gasteiger partial charge in [0.2, 0.25) is 0 Å². The second-order valence-corrected chi connectivity index (χ2v) is 6.27. The summed E-state index contributed by atoms with van der Waals surface area (Å²) >= 11 is 0. The molecular weight excluding hydrogens is 292 g/mol. The molecule has 2 bridgehead atoms. The zero-order valence-electron chi connectivity index (χ0n) is 12.3. The maximum Gasteiger partial charge on any atom is 0.344 e. The summed E-state index contributed by atoms with van der Waals surface area (Å²) in [5.41, 5.74) is 1.72. The molecule has 3 saturated heterocycles. The van der Waals surface area contributed by atoms with Gasteiger partial charge < -0.3 is 15.3 Å². The number of carbonyl (C=O) groups is 2. The fourth-order valence-corrected chi connectivity index (χ4v) is 3.18. The van der Waals surface area contributed by atoms with Crippen LogP contribution in [0.3, 0.4) is 0 Å². The standard InChI is InChI=1S/C13H22N4O5/c18-11(15-22-5-1-4-13(20)7-14-8-13)10-3-2-9-6-16(10)12(19)17(9)21/h9-10,14,20-21H,1-8H2,(H,15,18). The van der Waals surface area contributed by atoms with Crippen molar-refractivity contribution in [2.75, 3.05) is 26.2 Å². The number of rotatable bonds is 6. The van der Waals surface area contributed by atoms with Gasteiger partial charge in [0.25, 0.3) is 5.91 Å².